The quantitative estimate of drug-likeness (QED) is 0.819. The van der Waals surface area contributed by atoms with Crippen LogP contribution in [0.1, 0.15) is 34.9 Å². The van der Waals surface area contributed by atoms with Gasteiger partial charge in [0.25, 0.3) is 0 Å². The number of ether oxygens (including phenoxy) is 1. The Bertz CT molecular complexity index is 639. The number of rotatable bonds is 2. The molecule has 0 bridgehead atoms. The molecule has 0 N–H and O–H groups in total. The first-order valence-electron chi connectivity index (χ1n) is 6.95. The number of nitriles is 1. The van der Waals surface area contributed by atoms with Crippen molar-refractivity contribution in [3.63, 3.8) is 0 Å². The molecule has 0 amide bonds. The molecule has 0 saturated carbocycles. The zero-order valence-electron chi connectivity index (χ0n) is 11.5. The normalized spacial score (nSPS) is 20.8. The van der Waals surface area contributed by atoms with Crippen molar-refractivity contribution in [2.24, 2.45) is 0 Å². The lowest BCUT2D eigenvalue weighted by molar-refractivity contribution is 0.414. The maximum atomic E-state index is 9.60. The molecule has 0 fully saturated rings. The van der Waals surface area contributed by atoms with Crippen molar-refractivity contribution >= 4 is 0 Å². The Kier molecular flexibility index (Phi) is 3.43. The molecule has 2 atom stereocenters. The highest BCUT2D eigenvalue weighted by molar-refractivity contribution is 5.42. The molecule has 2 heteroatoms. The number of hydrogen-bond acceptors (Lipinski definition) is 2. The molecule has 0 saturated heterocycles. The van der Waals surface area contributed by atoms with Crippen LogP contribution < -0.4 is 4.74 Å². The second-order valence-corrected chi connectivity index (χ2v) is 5.22. The number of hydrogen-bond donors (Lipinski definition) is 0. The Hall–Kier alpha value is -2.27. The van der Waals surface area contributed by atoms with Gasteiger partial charge < -0.3 is 4.74 Å². The van der Waals surface area contributed by atoms with Crippen molar-refractivity contribution < 1.29 is 4.74 Å². The third-order valence-electron chi connectivity index (χ3n) is 4.20. The Labute approximate surface area is 119 Å². The second-order valence-electron chi connectivity index (χ2n) is 5.22. The summed E-state index contributed by atoms with van der Waals surface area (Å²) in [5.41, 5.74) is 3.75. The SMILES string of the molecule is COc1ccc(C2CCc3ccccc3C2C#N)cc1. The smallest absolute Gasteiger partial charge is 0.118 e. The van der Waals surface area contributed by atoms with E-state index < -0.39 is 0 Å². The van der Waals surface area contributed by atoms with Crippen LogP contribution in [0.25, 0.3) is 0 Å². The van der Waals surface area contributed by atoms with E-state index in [1.54, 1.807) is 7.11 Å². The average Bonchev–Trinajstić information content (AvgIpc) is 2.54. The van der Waals surface area contributed by atoms with Gasteiger partial charge in [-0.2, -0.15) is 5.26 Å². The molecule has 3 rings (SSSR count). The minimum absolute atomic E-state index is 0.0478. The van der Waals surface area contributed by atoms with Gasteiger partial charge in [0.2, 0.25) is 0 Å². The first-order chi connectivity index (χ1) is 9.83. The molecule has 2 unspecified atom stereocenters. The Morgan fingerprint density at radius 2 is 1.85 bits per heavy atom. The van der Waals surface area contributed by atoms with Gasteiger partial charge in [0.15, 0.2) is 0 Å². The predicted octanol–water partition coefficient (Wildman–Crippen LogP) is 4.03. The number of nitrogens with zero attached hydrogens (tertiary/aromatic N) is 1. The van der Waals surface area contributed by atoms with Gasteiger partial charge in [0.05, 0.1) is 19.1 Å². The Morgan fingerprint density at radius 1 is 1.10 bits per heavy atom. The highest BCUT2D eigenvalue weighted by atomic mass is 16.5. The Balaban J connectivity index is 1.96. The van der Waals surface area contributed by atoms with Gasteiger partial charge in [0.1, 0.15) is 5.75 Å². The average molecular weight is 263 g/mol. The van der Waals surface area contributed by atoms with Crippen molar-refractivity contribution in [3.8, 4) is 11.8 Å². The summed E-state index contributed by atoms with van der Waals surface area (Å²) < 4.78 is 5.20. The summed E-state index contributed by atoms with van der Waals surface area (Å²) in [7, 11) is 1.67. The minimum Gasteiger partial charge on any atom is -0.497 e. The van der Waals surface area contributed by atoms with Crippen LogP contribution in [0.5, 0.6) is 5.75 Å². The third kappa shape index (κ3) is 2.16. The molecule has 1 aliphatic rings. The lowest BCUT2D eigenvalue weighted by Gasteiger charge is -2.29. The van der Waals surface area contributed by atoms with Crippen LogP contribution in [0.2, 0.25) is 0 Å². The number of fused-ring (bicyclic) bond motifs is 1. The molecule has 20 heavy (non-hydrogen) atoms. The minimum atomic E-state index is -0.0478. The molecule has 0 spiro atoms. The standard InChI is InChI=1S/C18H17NO/c1-20-15-9-6-14(7-10-15)17-11-8-13-4-2-3-5-16(13)18(17)12-19/h2-7,9-10,17-18H,8,11H2,1H3. The maximum Gasteiger partial charge on any atom is 0.118 e. The fourth-order valence-corrected chi connectivity index (χ4v) is 3.13. The molecule has 2 nitrogen and oxygen atoms in total. The number of benzene rings is 2. The fraction of sp³-hybridized carbons (Fsp3) is 0.278. The maximum absolute atomic E-state index is 9.60. The zero-order valence-corrected chi connectivity index (χ0v) is 11.5. The van der Waals surface area contributed by atoms with Gasteiger partial charge in [-0.15, -0.1) is 0 Å². The zero-order chi connectivity index (χ0) is 13.9. The highest BCUT2D eigenvalue weighted by Crippen LogP contribution is 2.42. The topological polar surface area (TPSA) is 33.0 Å². The largest absolute Gasteiger partial charge is 0.497 e. The summed E-state index contributed by atoms with van der Waals surface area (Å²) in [6, 6.07) is 19.0. The molecule has 2 aromatic rings. The monoisotopic (exact) mass is 263 g/mol. The van der Waals surface area contributed by atoms with Gasteiger partial charge in [-0.3, -0.25) is 0 Å². The summed E-state index contributed by atoms with van der Waals surface area (Å²) >= 11 is 0. The lowest BCUT2D eigenvalue weighted by Crippen LogP contribution is -2.18. The van der Waals surface area contributed by atoms with Crippen molar-refractivity contribution in [1.82, 2.24) is 0 Å². The molecular formula is C18H17NO. The summed E-state index contributed by atoms with van der Waals surface area (Å²) in [4.78, 5) is 0. The van der Waals surface area contributed by atoms with Gasteiger partial charge >= 0.3 is 0 Å². The van der Waals surface area contributed by atoms with Crippen molar-refractivity contribution in [2.75, 3.05) is 7.11 Å². The van der Waals surface area contributed by atoms with Crippen LogP contribution in [0.4, 0.5) is 0 Å². The van der Waals surface area contributed by atoms with E-state index in [0.29, 0.717) is 0 Å². The van der Waals surface area contributed by atoms with E-state index in [1.807, 2.05) is 18.2 Å². The van der Waals surface area contributed by atoms with Crippen molar-refractivity contribution in [1.29, 1.82) is 5.26 Å². The van der Waals surface area contributed by atoms with Crippen LogP contribution in [-0.2, 0) is 6.42 Å². The molecule has 0 radical (unpaired) electrons. The van der Waals surface area contributed by atoms with E-state index in [2.05, 4.69) is 36.4 Å². The molecule has 0 aromatic heterocycles. The van der Waals surface area contributed by atoms with E-state index in [1.165, 1.54) is 16.7 Å². The van der Waals surface area contributed by atoms with Crippen LogP contribution in [0, 0.1) is 11.3 Å². The molecule has 2 aromatic carbocycles. The van der Waals surface area contributed by atoms with Gasteiger partial charge in [-0.05, 0) is 41.7 Å². The van der Waals surface area contributed by atoms with Gasteiger partial charge in [0, 0.05) is 5.92 Å². The molecule has 100 valence electrons. The van der Waals surface area contributed by atoms with E-state index in [-0.39, 0.29) is 11.8 Å². The molecular weight excluding hydrogens is 246 g/mol. The van der Waals surface area contributed by atoms with Crippen LogP contribution in [0.3, 0.4) is 0 Å². The van der Waals surface area contributed by atoms with Crippen molar-refractivity contribution in [2.45, 2.75) is 24.7 Å². The van der Waals surface area contributed by atoms with Gasteiger partial charge in [-0.25, -0.2) is 0 Å². The third-order valence-corrected chi connectivity index (χ3v) is 4.20. The van der Waals surface area contributed by atoms with Crippen LogP contribution in [-0.4, -0.2) is 7.11 Å². The van der Waals surface area contributed by atoms with E-state index in [0.717, 1.165) is 18.6 Å². The fourth-order valence-electron chi connectivity index (χ4n) is 3.13. The number of methoxy groups -OCH3 is 1. The van der Waals surface area contributed by atoms with E-state index in [4.69, 9.17) is 4.74 Å². The lowest BCUT2D eigenvalue weighted by atomic mass is 9.73. The Morgan fingerprint density at radius 3 is 2.55 bits per heavy atom. The first-order valence-corrected chi connectivity index (χ1v) is 6.95. The predicted molar refractivity (Wildman–Crippen MR) is 78.9 cm³/mol. The highest BCUT2D eigenvalue weighted by Gasteiger charge is 2.30. The summed E-state index contributed by atoms with van der Waals surface area (Å²) in [5.74, 6) is 1.09. The molecule has 1 aliphatic carbocycles. The van der Waals surface area contributed by atoms with Crippen molar-refractivity contribution in [3.05, 3.63) is 65.2 Å². The molecule has 0 aliphatic heterocycles. The first kappa shape index (κ1) is 12.7. The van der Waals surface area contributed by atoms with E-state index >= 15 is 0 Å². The summed E-state index contributed by atoms with van der Waals surface area (Å²) in [6.45, 7) is 0. The number of aryl methyl sites for hydroxylation is 1. The summed E-state index contributed by atoms with van der Waals surface area (Å²) in [5, 5.41) is 9.60. The molecule has 0 heterocycles. The van der Waals surface area contributed by atoms with E-state index in [9.17, 15) is 5.26 Å². The van der Waals surface area contributed by atoms with Gasteiger partial charge in [-0.1, -0.05) is 36.4 Å². The summed E-state index contributed by atoms with van der Waals surface area (Å²) in [6.07, 6.45) is 2.08. The second kappa shape index (κ2) is 5.38. The van der Waals surface area contributed by atoms with Crippen LogP contribution >= 0.6 is 0 Å². The van der Waals surface area contributed by atoms with Crippen LogP contribution in [0.15, 0.2) is 48.5 Å².